The van der Waals surface area contributed by atoms with E-state index in [1.54, 1.807) is 0 Å². The number of aryl methyl sites for hydroxylation is 1. The minimum Gasteiger partial charge on any atom is -0.298 e. The van der Waals surface area contributed by atoms with Crippen molar-refractivity contribution in [3.63, 3.8) is 0 Å². The molecule has 1 aliphatic rings. The zero-order valence-corrected chi connectivity index (χ0v) is 10.9. The van der Waals surface area contributed by atoms with Gasteiger partial charge in [-0.1, -0.05) is 31.5 Å². The van der Waals surface area contributed by atoms with Crippen molar-refractivity contribution in [2.24, 2.45) is 5.92 Å². The number of carbonyl (C=O) groups excluding carboxylic acids is 1. The standard InChI is InChI=1S/C16H22O/c1-3-13-7-9-14(10-8-13)16-12(2)5-4-6-15(16)11-17/h4-6,11,13-14H,3,7-10H2,1-2H3. The van der Waals surface area contributed by atoms with Gasteiger partial charge in [-0.2, -0.15) is 0 Å². The van der Waals surface area contributed by atoms with Crippen LogP contribution in [-0.4, -0.2) is 6.29 Å². The van der Waals surface area contributed by atoms with Crippen LogP contribution in [-0.2, 0) is 0 Å². The maximum atomic E-state index is 11.1. The molecule has 0 unspecified atom stereocenters. The van der Waals surface area contributed by atoms with Crippen LogP contribution in [0.15, 0.2) is 18.2 Å². The molecular formula is C16H22O. The predicted molar refractivity (Wildman–Crippen MR) is 71.6 cm³/mol. The third-order valence-electron chi connectivity index (χ3n) is 4.32. The second-order valence-electron chi connectivity index (χ2n) is 5.32. The number of hydrogen-bond acceptors (Lipinski definition) is 1. The lowest BCUT2D eigenvalue weighted by molar-refractivity contribution is 0.112. The highest BCUT2D eigenvalue weighted by Gasteiger charge is 2.23. The molecule has 1 nitrogen and oxygen atoms in total. The number of rotatable bonds is 3. The van der Waals surface area contributed by atoms with E-state index in [4.69, 9.17) is 0 Å². The molecule has 1 aromatic carbocycles. The Morgan fingerprint density at radius 3 is 2.53 bits per heavy atom. The summed E-state index contributed by atoms with van der Waals surface area (Å²) in [5, 5.41) is 0. The maximum absolute atomic E-state index is 11.1. The number of hydrogen-bond donors (Lipinski definition) is 0. The van der Waals surface area contributed by atoms with Crippen molar-refractivity contribution in [2.45, 2.75) is 51.9 Å². The predicted octanol–water partition coefficient (Wildman–Crippen LogP) is 4.49. The monoisotopic (exact) mass is 230 g/mol. The van der Waals surface area contributed by atoms with Crippen LogP contribution in [0.5, 0.6) is 0 Å². The highest BCUT2D eigenvalue weighted by Crippen LogP contribution is 2.39. The van der Waals surface area contributed by atoms with Crippen LogP contribution < -0.4 is 0 Å². The molecule has 0 bridgehead atoms. The summed E-state index contributed by atoms with van der Waals surface area (Å²) in [6, 6.07) is 6.08. The Bertz CT molecular complexity index is 387. The van der Waals surface area contributed by atoms with Gasteiger partial charge in [-0.25, -0.2) is 0 Å². The van der Waals surface area contributed by atoms with Gasteiger partial charge in [0.05, 0.1) is 0 Å². The van der Waals surface area contributed by atoms with Crippen LogP contribution >= 0.6 is 0 Å². The van der Waals surface area contributed by atoms with Gasteiger partial charge in [0.2, 0.25) is 0 Å². The second kappa shape index (κ2) is 5.48. The second-order valence-corrected chi connectivity index (χ2v) is 5.32. The molecule has 1 fully saturated rings. The van der Waals surface area contributed by atoms with Crippen molar-refractivity contribution in [1.29, 1.82) is 0 Å². The maximum Gasteiger partial charge on any atom is 0.150 e. The zero-order chi connectivity index (χ0) is 12.3. The van der Waals surface area contributed by atoms with Crippen molar-refractivity contribution in [3.8, 4) is 0 Å². The van der Waals surface area contributed by atoms with Gasteiger partial charge in [-0.3, -0.25) is 4.79 Å². The van der Waals surface area contributed by atoms with E-state index in [1.165, 1.54) is 43.2 Å². The summed E-state index contributed by atoms with van der Waals surface area (Å²) in [6.07, 6.45) is 7.49. The van der Waals surface area contributed by atoms with Crippen molar-refractivity contribution in [1.82, 2.24) is 0 Å². The molecule has 0 heterocycles. The molecule has 0 aliphatic heterocycles. The first kappa shape index (κ1) is 12.3. The van der Waals surface area contributed by atoms with Gasteiger partial charge in [0.25, 0.3) is 0 Å². The van der Waals surface area contributed by atoms with Crippen LogP contribution in [0.25, 0.3) is 0 Å². The van der Waals surface area contributed by atoms with Crippen molar-refractivity contribution in [2.75, 3.05) is 0 Å². The average Bonchev–Trinajstić information content (AvgIpc) is 2.38. The summed E-state index contributed by atoms with van der Waals surface area (Å²) in [4.78, 5) is 11.1. The van der Waals surface area contributed by atoms with E-state index in [-0.39, 0.29) is 0 Å². The van der Waals surface area contributed by atoms with Gasteiger partial charge in [0, 0.05) is 5.56 Å². The quantitative estimate of drug-likeness (QED) is 0.699. The lowest BCUT2D eigenvalue weighted by Gasteiger charge is -2.29. The molecule has 0 radical (unpaired) electrons. The first-order valence-corrected chi connectivity index (χ1v) is 6.81. The van der Waals surface area contributed by atoms with E-state index >= 15 is 0 Å². The highest BCUT2D eigenvalue weighted by molar-refractivity contribution is 5.78. The summed E-state index contributed by atoms with van der Waals surface area (Å²) in [5.41, 5.74) is 3.51. The molecule has 1 saturated carbocycles. The SMILES string of the molecule is CCC1CCC(c2c(C)cccc2C=O)CC1. The summed E-state index contributed by atoms with van der Waals surface area (Å²) in [5.74, 6) is 1.52. The molecule has 1 aliphatic carbocycles. The average molecular weight is 230 g/mol. The normalized spacial score (nSPS) is 24.6. The molecule has 1 heteroatoms. The summed E-state index contributed by atoms with van der Waals surface area (Å²) in [6.45, 7) is 4.42. The van der Waals surface area contributed by atoms with Crippen LogP contribution in [0.1, 0.15) is 66.4 Å². The lowest BCUT2D eigenvalue weighted by atomic mass is 9.75. The first-order chi connectivity index (χ1) is 8.26. The smallest absolute Gasteiger partial charge is 0.150 e. The van der Waals surface area contributed by atoms with Gasteiger partial charge in [-0.05, 0) is 55.6 Å². The fourth-order valence-electron chi connectivity index (χ4n) is 3.22. The lowest BCUT2D eigenvalue weighted by Crippen LogP contribution is -2.14. The largest absolute Gasteiger partial charge is 0.298 e. The van der Waals surface area contributed by atoms with Gasteiger partial charge >= 0.3 is 0 Å². The number of carbonyl (C=O) groups is 1. The summed E-state index contributed by atoms with van der Waals surface area (Å²) < 4.78 is 0. The Kier molecular flexibility index (Phi) is 3.98. The first-order valence-electron chi connectivity index (χ1n) is 6.81. The molecule has 2 rings (SSSR count). The molecule has 17 heavy (non-hydrogen) atoms. The van der Waals surface area contributed by atoms with Gasteiger partial charge in [-0.15, -0.1) is 0 Å². The fourth-order valence-corrected chi connectivity index (χ4v) is 3.22. The van der Waals surface area contributed by atoms with Crippen LogP contribution in [0.4, 0.5) is 0 Å². The van der Waals surface area contributed by atoms with Gasteiger partial charge in [0.15, 0.2) is 0 Å². The Balaban J connectivity index is 2.20. The number of benzene rings is 1. The van der Waals surface area contributed by atoms with E-state index in [0.717, 1.165) is 17.8 Å². The minimum atomic E-state index is 0.610. The molecule has 0 N–H and O–H groups in total. The molecule has 0 atom stereocenters. The Morgan fingerprint density at radius 2 is 1.94 bits per heavy atom. The topological polar surface area (TPSA) is 17.1 Å². The third kappa shape index (κ3) is 2.59. The van der Waals surface area contributed by atoms with Crippen molar-refractivity contribution >= 4 is 6.29 Å². The molecule has 0 saturated heterocycles. The van der Waals surface area contributed by atoms with E-state index in [2.05, 4.69) is 19.9 Å². The van der Waals surface area contributed by atoms with Crippen LogP contribution in [0, 0.1) is 12.8 Å². The fraction of sp³-hybridized carbons (Fsp3) is 0.562. The van der Waals surface area contributed by atoms with Crippen molar-refractivity contribution < 1.29 is 4.79 Å². The van der Waals surface area contributed by atoms with Crippen LogP contribution in [0.3, 0.4) is 0 Å². The molecule has 1 aromatic rings. The minimum absolute atomic E-state index is 0.610. The molecule has 0 amide bonds. The Hall–Kier alpha value is -1.11. The third-order valence-corrected chi connectivity index (χ3v) is 4.32. The van der Waals surface area contributed by atoms with E-state index in [0.29, 0.717) is 5.92 Å². The summed E-state index contributed by atoms with van der Waals surface area (Å²) in [7, 11) is 0. The van der Waals surface area contributed by atoms with E-state index in [9.17, 15) is 4.79 Å². The zero-order valence-electron chi connectivity index (χ0n) is 10.9. The highest BCUT2D eigenvalue weighted by atomic mass is 16.1. The molecule has 0 aromatic heterocycles. The Morgan fingerprint density at radius 1 is 1.24 bits per heavy atom. The molecule has 0 spiro atoms. The van der Waals surface area contributed by atoms with Crippen LogP contribution in [0.2, 0.25) is 0 Å². The molecule has 92 valence electrons. The van der Waals surface area contributed by atoms with Gasteiger partial charge in [0.1, 0.15) is 6.29 Å². The van der Waals surface area contributed by atoms with Gasteiger partial charge < -0.3 is 0 Å². The van der Waals surface area contributed by atoms with Crippen molar-refractivity contribution in [3.05, 3.63) is 34.9 Å². The molecular weight excluding hydrogens is 208 g/mol. The van der Waals surface area contributed by atoms with E-state index < -0.39 is 0 Å². The Labute approximate surface area is 104 Å². The van der Waals surface area contributed by atoms with E-state index in [1.807, 2.05) is 12.1 Å². The number of aldehydes is 1. The summed E-state index contributed by atoms with van der Waals surface area (Å²) >= 11 is 0.